The molecule has 25 heavy (non-hydrogen) atoms. The number of para-hydroxylation sites is 1. The minimum Gasteiger partial charge on any atom is -0.481 e. The van der Waals surface area contributed by atoms with Gasteiger partial charge >= 0.3 is 5.97 Å². The maximum atomic E-state index is 12.6. The van der Waals surface area contributed by atoms with Gasteiger partial charge in [-0.1, -0.05) is 39.0 Å². The Kier molecular flexibility index (Phi) is 5.96. The van der Waals surface area contributed by atoms with Gasteiger partial charge in [-0.15, -0.1) is 0 Å². The summed E-state index contributed by atoms with van der Waals surface area (Å²) in [5.74, 6) is -0.993. The van der Waals surface area contributed by atoms with Crippen molar-refractivity contribution in [1.29, 1.82) is 0 Å². The lowest BCUT2D eigenvalue weighted by atomic mass is 9.89. The van der Waals surface area contributed by atoms with E-state index in [0.29, 0.717) is 24.9 Å². The van der Waals surface area contributed by atoms with Crippen molar-refractivity contribution in [2.24, 2.45) is 0 Å². The highest BCUT2D eigenvalue weighted by molar-refractivity contribution is 5.95. The van der Waals surface area contributed by atoms with Gasteiger partial charge in [0.15, 0.2) is 0 Å². The Balaban J connectivity index is 2.14. The largest absolute Gasteiger partial charge is 0.481 e. The molecule has 1 heterocycles. The van der Waals surface area contributed by atoms with Gasteiger partial charge in [0.25, 0.3) is 5.91 Å². The third-order valence-corrected chi connectivity index (χ3v) is 3.79. The third-order valence-electron chi connectivity index (χ3n) is 3.79. The number of nitrogens with zero attached hydrogens (tertiary/aromatic N) is 2. The Bertz CT molecular complexity index is 730. The molecule has 2 N–H and O–H groups in total. The van der Waals surface area contributed by atoms with E-state index < -0.39 is 5.97 Å². The Labute approximate surface area is 147 Å². The number of carboxylic acid groups (broad SMARTS) is 1. The molecule has 134 valence electrons. The van der Waals surface area contributed by atoms with Crippen molar-refractivity contribution in [2.75, 3.05) is 6.54 Å². The van der Waals surface area contributed by atoms with Crippen LogP contribution >= 0.6 is 0 Å². The lowest BCUT2D eigenvalue weighted by Gasteiger charge is -2.17. The summed E-state index contributed by atoms with van der Waals surface area (Å²) >= 11 is 0. The predicted octanol–water partition coefficient (Wildman–Crippen LogP) is 3.15. The van der Waals surface area contributed by atoms with E-state index in [4.69, 9.17) is 5.11 Å². The van der Waals surface area contributed by atoms with Crippen LogP contribution in [0.15, 0.2) is 36.5 Å². The summed E-state index contributed by atoms with van der Waals surface area (Å²) in [4.78, 5) is 23.1. The second-order valence-corrected chi connectivity index (χ2v) is 7.03. The molecule has 1 aromatic heterocycles. The van der Waals surface area contributed by atoms with Gasteiger partial charge in [0.1, 0.15) is 0 Å². The molecule has 0 spiro atoms. The van der Waals surface area contributed by atoms with Crippen molar-refractivity contribution in [3.05, 3.63) is 47.8 Å². The van der Waals surface area contributed by atoms with Crippen LogP contribution in [0.3, 0.4) is 0 Å². The molecule has 6 nitrogen and oxygen atoms in total. The number of carbonyl (C=O) groups is 2. The molecule has 1 aromatic carbocycles. The molecule has 0 saturated heterocycles. The highest BCUT2D eigenvalue weighted by atomic mass is 16.4. The molecular formula is C19H25N3O3. The summed E-state index contributed by atoms with van der Waals surface area (Å²) in [7, 11) is 0. The zero-order chi connectivity index (χ0) is 18.4. The third kappa shape index (κ3) is 5.17. The van der Waals surface area contributed by atoms with Gasteiger partial charge in [0.2, 0.25) is 0 Å². The molecule has 6 heteroatoms. The van der Waals surface area contributed by atoms with Gasteiger partial charge in [-0.3, -0.25) is 9.59 Å². The number of aromatic nitrogens is 2. The lowest BCUT2D eigenvalue weighted by molar-refractivity contribution is -0.137. The monoisotopic (exact) mass is 343 g/mol. The molecule has 0 radical (unpaired) electrons. The van der Waals surface area contributed by atoms with E-state index in [2.05, 4.69) is 10.4 Å². The van der Waals surface area contributed by atoms with Crippen molar-refractivity contribution in [3.63, 3.8) is 0 Å². The van der Waals surface area contributed by atoms with Gasteiger partial charge < -0.3 is 10.4 Å². The van der Waals surface area contributed by atoms with Crippen molar-refractivity contribution in [3.8, 4) is 5.69 Å². The Morgan fingerprint density at radius 1 is 1.16 bits per heavy atom. The van der Waals surface area contributed by atoms with Crippen LogP contribution in [0, 0.1) is 0 Å². The number of rotatable bonds is 7. The van der Waals surface area contributed by atoms with Gasteiger partial charge in [0, 0.05) is 24.6 Å². The van der Waals surface area contributed by atoms with Crippen LogP contribution in [0.2, 0.25) is 0 Å². The van der Waals surface area contributed by atoms with Crippen molar-refractivity contribution in [2.45, 2.75) is 45.4 Å². The lowest BCUT2D eigenvalue weighted by Crippen LogP contribution is -2.27. The van der Waals surface area contributed by atoms with Crippen molar-refractivity contribution >= 4 is 11.9 Å². The molecule has 2 aromatic rings. The number of aliphatic carboxylic acids is 1. The zero-order valence-corrected chi connectivity index (χ0v) is 15.0. The smallest absolute Gasteiger partial charge is 0.303 e. The van der Waals surface area contributed by atoms with Gasteiger partial charge in [-0.2, -0.15) is 5.10 Å². The van der Waals surface area contributed by atoms with Gasteiger partial charge in [0.05, 0.1) is 16.9 Å². The molecule has 0 saturated carbocycles. The number of carbonyl (C=O) groups excluding carboxylic acids is 1. The van der Waals surface area contributed by atoms with Crippen LogP contribution in [0.5, 0.6) is 0 Å². The van der Waals surface area contributed by atoms with E-state index in [1.165, 1.54) is 0 Å². The highest BCUT2D eigenvalue weighted by Gasteiger charge is 2.26. The van der Waals surface area contributed by atoms with Crippen LogP contribution in [-0.2, 0) is 10.2 Å². The van der Waals surface area contributed by atoms with E-state index in [-0.39, 0.29) is 17.7 Å². The fraction of sp³-hybridized carbons (Fsp3) is 0.421. The first-order valence-corrected chi connectivity index (χ1v) is 8.44. The predicted molar refractivity (Wildman–Crippen MR) is 96.1 cm³/mol. The summed E-state index contributed by atoms with van der Waals surface area (Å²) < 4.78 is 1.72. The first-order chi connectivity index (χ1) is 11.8. The Morgan fingerprint density at radius 2 is 1.84 bits per heavy atom. The minimum absolute atomic E-state index is 0.120. The number of hydrogen-bond donors (Lipinski definition) is 2. The molecule has 0 unspecified atom stereocenters. The van der Waals surface area contributed by atoms with Crippen molar-refractivity contribution in [1.82, 2.24) is 15.1 Å². The maximum Gasteiger partial charge on any atom is 0.303 e. The number of benzene rings is 1. The number of hydrogen-bond acceptors (Lipinski definition) is 3. The number of unbranched alkanes of at least 4 members (excludes halogenated alkanes) is 1. The quantitative estimate of drug-likeness (QED) is 0.756. The molecule has 0 bridgehead atoms. The summed E-state index contributed by atoms with van der Waals surface area (Å²) in [6.07, 6.45) is 3.05. The first kappa shape index (κ1) is 18.7. The second kappa shape index (κ2) is 7.96. The molecule has 0 fully saturated rings. The fourth-order valence-electron chi connectivity index (χ4n) is 2.51. The summed E-state index contributed by atoms with van der Waals surface area (Å²) in [5.41, 5.74) is 1.92. The molecule has 2 rings (SSSR count). The molecule has 1 amide bonds. The summed E-state index contributed by atoms with van der Waals surface area (Å²) in [5, 5.41) is 16.1. The average molecular weight is 343 g/mol. The van der Waals surface area contributed by atoms with Crippen LogP contribution < -0.4 is 5.32 Å². The highest BCUT2D eigenvalue weighted by Crippen LogP contribution is 2.25. The van der Waals surface area contributed by atoms with E-state index in [1.807, 2.05) is 51.1 Å². The average Bonchev–Trinajstić information content (AvgIpc) is 3.00. The van der Waals surface area contributed by atoms with Crippen LogP contribution in [-0.4, -0.2) is 33.3 Å². The minimum atomic E-state index is -0.814. The molecule has 0 aliphatic rings. The number of amides is 1. The SMILES string of the molecule is CC(C)(C)c1nn(-c2ccccc2)cc1C(=O)NCCCCC(=O)O. The second-order valence-electron chi connectivity index (χ2n) is 7.03. The first-order valence-electron chi connectivity index (χ1n) is 8.44. The van der Waals surface area contributed by atoms with Crippen LogP contribution in [0.1, 0.15) is 56.1 Å². The van der Waals surface area contributed by atoms with Gasteiger partial charge in [-0.05, 0) is 25.0 Å². The van der Waals surface area contributed by atoms with Gasteiger partial charge in [-0.25, -0.2) is 4.68 Å². The Morgan fingerprint density at radius 3 is 2.44 bits per heavy atom. The van der Waals surface area contributed by atoms with E-state index >= 15 is 0 Å². The topological polar surface area (TPSA) is 84.2 Å². The van der Waals surface area contributed by atoms with Crippen LogP contribution in [0.25, 0.3) is 5.69 Å². The Hall–Kier alpha value is -2.63. The number of carboxylic acids is 1. The molecule has 0 aliphatic heterocycles. The summed E-state index contributed by atoms with van der Waals surface area (Å²) in [6.45, 7) is 6.52. The molecular weight excluding hydrogens is 318 g/mol. The zero-order valence-electron chi connectivity index (χ0n) is 15.0. The van der Waals surface area contributed by atoms with E-state index in [9.17, 15) is 9.59 Å². The maximum absolute atomic E-state index is 12.6. The van der Waals surface area contributed by atoms with E-state index in [1.54, 1.807) is 10.9 Å². The summed E-state index contributed by atoms with van der Waals surface area (Å²) in [6, 6.07) is 9.66. The molecule has 0 aliphatic carbocycles. The fourth-order valence-corrected chi connectivity index (χ4v) is 2.51. The van der Waals surface area contributed by atoms with Crippen LogP contribution in [0.4, 0.5) is 0 Å². The normalized spacial score (nSPS) is 11.3. The standard InChI is InChI=1S/C19H25N3O3/c1-19(2,3)17-15(18(25)20-12-8-7-11-16(23)24)13-22(21-17)14-9-5-4-6-10-14/h4-6,9-10,13H,7-8,11-12H2,1-3H3,(H,20,25)(H,23,24). The number of nitrogens with one attached hydrogen (secondary N) is 1. The van der Waals surface area contributed by atoms with Crippen molar-refractivity contribution < 1.29 is 14.7 Å². The molecule has 0 atom stereocenters. The van der Waals surface area contributed by atoms with E-state index in [0.717, 1.165) is 11.4 Å².